The van der Waals surface area contributed by atoms with Crippen molar-refractivity contribution in [1.29, 1.82) is 0 Å². The largest absolute Gasteiger partial charge is 0.481 e. The van der Waals surface area contributed by atoms with Crippen molar-refractivity contribution in [3.8, 4) is 0 Å². The molecule has 5 heteroatoms. The predicted octanol–water partition coefficient (Wildman–Crippen LogP) is 1.57. The number of carbonyl (C=O) groups is 2. The Hall–Kier alpha value is -2.04. The third-order valence-electron chi connectivity index (χ3n) is 3.21. The first-order valence-electron chi connectivity index (χ1n) is 5.88. The fourth-order valence-electron chi connectivity index (χ4n) is 2.19. The zero-order valence-corrected chi connectivity index (χ0v) is 10.2. The van der Waals surface area contributed by atoms with Gasteiger partial charge in [-0.05, 0) is 5.56 Å². The fourth-order valence-corrected chi connectivity index (χ4v) is 2.19. The zero-order valence-electron chi connectivity index (χ0n) is 10.2. The Morgan fingerprint density at radius 3 is 2.67 bits per heavy atom. The Labute approximate surface area is 106 Å². The summed E-state index contributed by atoms with van der Waals surface area (Å²) in [6, 6.07) is 9.67. The summed E-state index contributed by atoms with van der Waals surface area (Å²) in [5.41, 5.74) is 1.08. The van der Waals surface area contributed by atoms with Crippen LogP contribution in [0.1, 0.15) is 18.0 Å². The van der Waals surface area contributed by atoms with E-state index in [2.05, 4.69) is 0 Å². The average molecular weight is 248 g/mol. The van der Waals surface area contributed by atoms with Gasteiger partial charge in [-0.25, -0.2) is 4.79 Å². The van der Waals surface area contributed by atoms with E-state index in [-0.39, 0.29) is 25.0 Å². The maximum atomic E-state index is 12.0. The number of rotatable bonds is 4. The standard InChI is InChI=1S/C13H16N2O3/c1-14-11(10-5-3-2-4-6-10)9-15(13(14)18)8-7-12(16)17/h2-6,11H,7-9H2,1H3,(H,16,17). The molecule has 1 N–H and O–H groups in total. The minimum absolute atomic E-state index is 0.00694. The Balaban J connectivity index is 2.07. The molecule has 1 aromatic carbocycles. The molecule has 1 aliphatic rings. The van der Waals surface area contributed by atoms with Gasteiger partial charge in [0.15, 0.2) is 0 Å². The lowest BCUT2D eigenvalue weighted by Gasteiger charge is -2.17. The average Bonchev–Trinajstić information content (AvgIpc) is 2.65. The van der Waals surface area contributed by atoms with Crippen molar-refractivity contribution in [2.45, 2.75) is 12.5 Å². The van der Waals surface area contributed by atoms with Gasteiger partial charge in [0.1, 0.15) is 0 Å². The minimum atomic E-state index is -0.881. The quantitative estimate of drug-likeness (QED) is 0.879. The Kier molecular flexibility index (Phi) is 3.50. The summed E-state index contributed by atoms with van der Waals surface area (Å²) in [5, 5.41) is 8.66. The van der Waals surface area contributed by atoms with Gasteiger partial charge < -0.3 is 14.9 Å². The summed E-state index contributed by atoms with van der Waals surface area (Å²) >= 11 is 0. The van der Waals surface area contributed by atoms with E-state index in [0.29, 0.717) is 6.54 Å². The van der Waals surface area contributed by atoms with Gasteiger partial charge in [0.2, 0.25) is 0 Å². The van der Waals surface area contributed by atoms with E-state index in [1.807, 2.05) is 30.3 Å². The van der Waals surface area contributed by atoms with Crippen molar-refractivity contribution >= 4 is 12.0 Å². The molecular formula is C13H16N2O3. The Morgan fingerprint density at radius 1 is 1.39 bits per heavy atom. The van der Waals surface area contributed by atoms with Gasteiger partial charge in [-0.3, -0.25) is 4.79 Å². The van der Waals surface area contributed by atoms with Crippen molar-refractivity contribution in [3.05, 3.63) is 35.9 Å². The maximum absolute atomic E-state index is 12.0. The minimum Gasteiger partial charge on any atom is -0.481 e. The maximum Gasteiger partial charge on any atom is 0.320 e. The van der Waals surface area contributed by atoms with Crippen LogP contribution in [-0.2, 0) is 4.79 Å². The van der Waals surface area contributed by atoms with E-state index in [1.165, 1.54) is 0 Å². The summed E-state index contributed by atoms with van der Waals surface area (Å²) in [5.74, 6) is -0.881. The highest BCUT2D eigenvalue weighted by Gasteiger charge is 2.35. The molecule has 2 rings (SSSR count). The van der Waals surface area contributed by atoms with E-state index in [9.17, 15) is 9.59 Å². The number of carbonyl (C=O) groups excluding carboxylic acids is 1. The first-order chi connectivity index (χ1) is 8.59. The van der Waals surface area contributed by atoms with Crippen molar-refractivity contribution in [2.24, 2.45) is 0 Å². The van der Waals surface area contributed by atoms with Gasteiger partial charge in [0, 0.05) is 20.1 Å². The molecular weight excluding hydrogens is 232 g/mol. The van der Waals surface area contributed by atoms with Crippen LogP contribution in [-0.4, -0.2) is 47.0 Å². The van der Waals surface area contributed by atoms with Crippen LogP contribution < -0.4 is 0 Å². The zero-order chi connectivity index (χ0) is 13.1. The van der Waals surface area contributed by atoms with Crippen LogP contribution in [0.5, 0.6) is 0 Å². The van der Waals surface area contributed by atoms with Crippen LogP contribution in [0.4, 0.5) is 4.79 Å². The highest BCUT2D eigenvalue weighted by Crippen LogP contribution is 2.27. The summed E-state index contributed by atoms with van der Waals surface area (Å²) in [6.45, 7) is 0.814. The van der Waals surface area contributed by atoms with E-state index < -0.39 is 5.97 Å². The number of hydrogen-bond donors (Lipinski definition) is 1. The molecule has 0 radical (unpaired) electrons. The molecule has 1 heterocycles. The van der Waals surface area contributed by atoms with Crippen molar-refractivity contribution in [1.82, 2.24) is 9.80 Å². The summed E-state index contributed by atoms with van der Waals surface area (Å²) < 4.78 is 0. The van der Waals surface area contributed by atoms with Crippen LogP contribution in [0, 0.1) is 0 Å². The van der Waals surface area contributed by atoms with Crippen LogP contribution in [0.2, 0.25) is 0 Å². The lowest BCUT2D eigenvalue weighted by atomic mass is 10.1. The molecule has 96 valence electrons. The monoisotopic (exact) mass is 248 g/mol. The first kappa shape index (κ1) is 12.4. The number of aliphatic carboxylic acids is 1. The van der Waals surface area contributed by atoms with E-state index >= 15 is 0 Å². The summed E-state index contributed by atoms with van der Waals surface area (Å²) in [7, 11) is 1.75. The number of hydrogen-bond acceptors (Lipinski definition) is 2. The second kappa shape index (κ2) is 5.08. The molecule has 1 saturated heterocycles. The normalized spacial score (nSPS) is 19.4. The van der Waals surface area contributed by atoms with Crippen molar-refractivity contribution in [3.63, 3.8) is 0 Å². The van der Waals surface area contributed by atoms with E-state index in [4.69, 9.17) is 5.11 Å². The van der Waals surface area contributed by atoms with Gasteiger partial charge in [0.05, 0.1) is 12.5 Å². The molecule has 18 heavy (non-hydrogen) atoms. The molecule has 0 saturated carbocycles. The van der Waals surface area contributed by atoms with E-state index in [0.717, 1.165) is 5.56 Å². The van der Waals surface area contributed by atoms with Crippen LogP contribution in [0.25, 0.3) is 0 Å². The third kappa shape index (κ3) is 2.45. The third-order valence-corrected chi connectivity index (χ3v) is 3.21. The second-order valence-corrected chi connectivity index (χ2v) is 4.41. The molecule has 1 unspecified atom stereocenters. The Morgan fingerprint density at radius 2 is 2.06 bits per heavy atom. The smallest absolute Gasteiger partial charge is 0.320 e. The highest BCUT2D eigenvalue weighted by molar-refractivity contribution is 5.78. The number of carboxylic acid groups (broad SMARTS) is 1. The molecule has 2 amide bonds. The van der Waals surface area contributed by atoms with Crippen LogP contribution in [0.3, 0.4) is 0 Å². The summed E-state index contributed by atoms with van der Waals surface area (Å²) in [6.07, 6.45) is -0.0128. The SMILES string of the molecule is CN1C(=O)N(CCC(=O)O)CC1c1ccccc1. The highest BCUT2D eigenvalue weighted by atomic mass is 16.4. The number of urea groups is 1. The fraction of sp³-hybridized carbons (Fsp3) is 0.385. The number of benzene rings is 1. The number of amides is 2. The first-order valence-corrected chi connectivity index (χ1v) is 5.88. The molecule has 1 aromatic rings. The molecule has 0 aromatic heterocycles. The second-order valence-electron chi connectivity index (χ2n) is 4.41. The lowest BCUT2D eigenvalue weighted by molar-refractivity contribution is -0.137. The van der Waals surface area contributed by atoms with Gasteiger partial charge >= 0.3 is 12.0 Å². The molecule has 0 aliphatic carbocycles. The Bertz CT molecular complexity index is 447. The number of likely N-dealkylation sites (N-methyl/N-ethyl adjacent to an activating group) is 1. The van der Waals surface area contributed by atoms with Crippen molar-refractivity contribution < 1.29 is 14.7 Å². The van der Waals surface area contributed by atoms with Gasteiger partial charge in [-0.1, -0.05) is 30.3 Å². The van der Waals surface area contributed by atoms with Gasteiger partial charge in [-0.15, -0.1) is 0 Å². The van der Waals surface area contributed by atoms with Gasteiger partial charge in [0.25, 0.3) is 0 Å². The number of carboxylic acids is 1. The number of nitrogens with zero attached hydrogens (tertiary/aromatic N) is 2. The molecule has 0 bridgehead atoms. The topological polar surface area (TPSA) is 60.9 Å². The molecule has 0 spiro atoms. The molecule has 1 atom stereocenters. The van der Waals surface area contributed by atoms with Crippen LogP contribution >= 0.6 is 0 Å². The lowest BCUT2D eigenvalue weighted by Crippen LogP contribution is -2.31. The summed E-state index contributed by atoms with van der Waals surface area (Å²) in [4.78, 5) is 25.8. The molecule has 1 fully saturated rings. The molecule has 1 aliphatic heterocycles. The van der Waals surface area contributed by atoms with Crippen molar-refractivity contribution in [2.75, 3.05) is 20.1 Å². The van der Waals surface area contributed by atoms with Crippen LogP contribution in [0.15, 0.2) is 30.3 Å². The predicted molar refractivity (Wildman–Crippen MR) is 66.2 cm³/mol. The van der Waals surface area contributed by atoms with E-state index in [1.54, 1.807) is 16.8 Å². The molecule has 5 nitrogen and oxygen atoms in total. The van der Waals surface area contributed by atoms with Gasteiger partial charge in [-0.2, -0.15) is 0 Å².